The van der Waals surface area contributed by atoms with Gasteiger partial charge in [-0.1, -0.05) is 55.7 Å². The van der Waals surface area contributed by atoms with Crippen LogP contribution in [0, 0.1) is 11.3 Å². The molecule has 1 aliphatic carbocycles. The summed E-state index contributed by atoms with van der Waals surface area (Å²) < 4.78 is 0. The molecular weight excluding hydrogens is 390 g/mol. The van der Waals surface area contributed by atoms with Gasteiger partial charge in [0, 0.05) is 29.1 Å². The van der Waals surface area contributed by atoms with Crippen molar-refractivity contribution in [3.63, 3.8) is 0 Å². The first-order valence-corrected chi connectivity index (χ1v) is 11.1. The minimum absolute atomic E-state index is 0.0142. The second-order valence-corrected chi connectivity index (χ2v) is 8.72. The first-order valence-electron chi connectivity index (χ1n) is 11.1. The lowest BCUT2D eigenvalue weighted by atomic mass is 9.77. The van der Waals surface area contributed by atoms with E-state index < -0.39 is 5.54 Å². The van der Waals surface area contributed by atoms with Crippen molar-refractivity contribution in [3.05, 3.63) is 114 Å². The number of nitriles is 1. The van der Waals surface area contributed by atoms with E-state index in [0.29, 0.717) is 5.57 Å². The largest absolute Gasteiger partial charge is 0.378 e. The molecule has 1 heterocycles. The Kier molecular flexibility index (Phi) is 7.05. The number of H-pyrrole nitrogens is 1. The Bertz CT molecular complexity index is 1100. The average Bonchev–Trinajstić information content (AvgIpc) is 3.51. The van der Waals surface area contributed by atoms with Gasteiger partial charge < -0.3 is 10.3 Å². The van der Waals surface area contributed by atoms with E-state index in [1.807, 2.05) is 32.2 Å². The quantitative estimate of drug-likeness (QED) is 0.240. The summed E-state index contributed by atoms with van der Waals surface area (Å²) in [5, 5.41) is 12.9. The molecule has 1 saturated carbocycles. The molecule has 0 radical (unpaired) electrons. The van der Waals surface area contributed by atoms with Gasteiger partial charge in [0.1, 0.15) is 0 Å². The molecule has 0 amide bonds. The summed E-state index contributed by atoms with van der Waals surface area (Å²) >= 11 is 0. The van der Waals surface area contributed by atoms with Crippen LogP contribution in [0.5, 0.6) is 0 Å². The monoisotopic (exact) mass is 423 g/mol. The highest BCUT2D eigenvalue weighted by atomic mass is 15.0. The molecule has 3 heteroatoms. The third-order valence-corrected chi connectivity index (χ3v) is 6.22. The van der Waals surface area contributed by atoms with E-state index in [1.54, 1.807) is 12.2 Å². The van der Waals surface area contributed by atoms with Crippen molar-refractivity contribution in [3.8, 4) is 6.07 Å². The second kappa shape index (κ2) is 9.75. The number of aromatic nitrogens is 1. The SMILES string of the molecule is C=C/C(=C\C(C#N)=C/C)c1c[nH]c(C(C)(NC(=C)C)C(C=C)c2ccc(C3CC3)cc2)c1. The lowest BCUT2D eigenvalue weighted by Gasteiger charge is -2.38. The van der Waals surface area contributed by atoms with Crippen LogP contribution in [0.2, 0.25) is 0 Å². The molecule has 3 nitrogen and oxygen atoms in total. The molecule has 0 bridgehead atoms. The Labute approximate surface area is 192 Å². The molecule has 1 aromatic carbocycles. The van der Waals surface area contributed by atoms with Gasteiger partial charge in [0.05, 0.1) is 11.6 Å². The fourth-order valence-electron chi connectivity index (χ4n) is 4.32. The van der Waals surface area contributed by atoms with E-state index >= 15 is 0 Å². The fraction of sp³-hybridized carbons (Fsp3) is 0.276. The average molecular weight is 424 g/mol. The Morgan fingerprint density at radius 2 is 1.97 bits per heavy atom. The number of aromatic amines is 1. The molecule has 2 aromatic rings. The fourth-order valence-corrected chi connectivity index (χ4v) is 4.32. The standard InChI is InChI=1S/C29H33N3/c1-7-21(18-30)16-22(8-2)26-17-28(31-19-26)29(6,32-20(4)5)27(9-3)25-14-12-24(13-15-25)23-10-11-23/h7-9,12-17,19,23,27,31-32H,2-4,10-11H2,1,5-6H3/b21-7+,22-16+. The molecule has 32 heavy (non-hydrogen) atoms. The molecule has 0 spiro atoms. The molecule has 1 aromatic heterocycles. The predicted octanol–water partition coefficient (Wildman–Crippen LogP) is 7.24. The topological polar surface area (TPSA) is 51.6 Å². The van der Waals surface area contributed by atoms with Crippen molar-refractivity contribution in [2.45, 2.75) is 51.0 Å². The van der Waals surface area contributed by atoms with E-state index in [1.165, 1.54) is 24.0 Å². The van der Waals surface area contributed by atoms with Gasteiger partial charge in [0.25, 0.3) is 0 Å². The molecule has 2 unspecified atom stereocenters. The van der Waals surface area contributed by atoms with Crippen molar-refractivity contribution in [2.24, 2.45) is 0 Å². The van der Waals surface area contributed by atoms with Gasteiger partial charge >= 0.3 is 0 Å². The molecule has 164 valence electrons. The summed E-state index contributed by atoms with van der Waals surface area (Å²) in [5.74, 6) is 0.747. The number of benzene rings is 1. The molecule has 2 atom stereocenters. The Balaban J connectivity index is 2.02. The Morgan fingerprint density at radius 3 is 2.47 bits per heavy atom. The first-order chi connectivity index (χ1) is 15.4. The minimum atomic E-state index is -0.488. The van der Waals surface area contributed by atoms with Crippen molar-refractivity contribution >= 4 is 5.57 Å². The van der Waals surface area contributed by atoms with Gasteiger partial charge in [-0.05, 0) is 73.9 Å². The molecule has 1 fully saturated rings. The molecule has 0 aliphatic heterocycles. The maximum absolute atomic E-state index is 9.30. The van der Waals surface area contributed by atoms with Crippen molar-refractivity contribution in [2.75, 3.05) is 0 Å². The zero-order valence-corrected chi connectivity index (χ0v) is 19.4. The minimum Gasteiger partial charge on any atom is -0.378 e. The zero-order valence-electron chi connectivity index (χ0n) is 19.4. The van der Waals surface area contributed by atoms with E-state index in [9.17, 15) is 5.26 Å². The van der Waals surface area contributed by atoms with E-state index in [2.05, 4.69) is 73.4 Å². The first kappa shape index (κ1) is 23.2. The summed E-state index contributed by atoms with van der Waals surface area (Å²) in [6.45, 7) is 18.2. The molecule has 2 N–H and O–H groups in total. The summed E-state index contributed by atoms with van der Waals surface area (Å²) in [5.41, 5.74) is 6.50. The van der Waals surface area contributed by atoms with Crippen LogP contribution in [-0.4, -0.2) is 4.98 Å². The van der Waals surface area contributed by atoms with Gasteiger partial charge in [-0.25, -0.2) is 0 Å². The number of allylic oxidation sites excluding steroid dienone is 6. The van der Waals surface area contributed by atoms with Crippen LogP contribution in [0.15, 0.2) is 91.8 Å². The van der Waals surface area contributed by atoms with Crippen LogP contribution in [0.1, 0.15) is 67.8 Å². The maximum Gasteiger partial charge on any atom is 0.0988 e. The third-order valence-electron chi connectivity index (χ3n) is 6.22. The van der Waals surface area contributed by atoms with Crippen LogP contribution in [-0.2, 0) is 5.54 Å². The van der Waals surface area contributed by atoms with Gasteiger partial charge in [-0.15, -0.1) is 6.58 Å². The van der Waals surface area contributed by atoms with Crippen molar-refractivity contribution in [1.29, 1.82) is 5.26 Å². The van der Waals surface area contributed by atoms with Crippen molar-refractivity contribution < 1.29 is 0 Å². The molecule has 3 rings (SSSR count). The number of hydrogen-bond acceptors (Lipinski definition) is 2. The Hall–Kier alpha value is -3.51. The predicted molar refractivity (Wildman–Crippen MR) is 135 cm³/mol. The molecular formula is C29H33N3. The van der Waals surface area contributed by atoms with Crippen LogP contribution >= 0.6 is 0 Å². The third kappa shape index (κ3) is 4.86. The van der Waals surface area contributed by atoms with Gasteiger partial charge in [0.15, 0.2) is 0 Å². The number of hydrogen-bond donors (Lipinski definition) is 2. The van der Waals surface area contributed by atoms with E-state index in [-0.39, 0.29) is 5.92 Å². The summed E-state index contributed by atoms with van der Waals surface area (Å²) in [4.78, 5) is 3.46. The number of nitrogens with one attached hydrogen (secondary N) is 2. The zero-order chi connectivity index (χ0) is 23.3. The Morgan fingerprint density at radius 1 is 1.28 bits per heavy atom. The lowest BCUT2D eigenvalue weighted by molar-refractivity contribution is 0.355. The molecule has 1 aliphatic rings. The van der Waals surface area contributed by atoms with Gasteiger partial charge in [-0.3, -0.25) is 0 Å². The maximum atomic E-state index is 9.30. The highest BCUT2D eigenvalue weighted by molar-refractivity contribution is 5.76. The summed E-state index contributed by atoms with van der Waals surface area (Å²) in [7, 11) is 0. The summed E-state index contributed by atoms with van der Waals surface area (Å²) in [6, 6.07) is 13.3. The smallest absolute Gasteiger partial charge is 0.0988 e. The summed E-state index contributed by atoms with van der Waals surface area (Å²) in [6.07, 6.45) is 12.0. The van der Waals surface area contributed by atoms with E-state index in [4.69, 9.17) is 0 Å². The van der Waals surface area contributed by atoms with Crippen LogP contribution in [0.4, 0.5) is 0 Å². The van der Waals surface area contributed by atoms with Crippen molar-refractivity contribution in [1.82, 2.24) is 10.3 Å². The number of rotatable bonds is 10. The number of nitrogens with zero attached hydrogens (tertiary/aromatic N) is 1. The van der Waals surface area contributed by atoms with Crippen LogP contribution in [0.25, 0.3) is 5.57 Å². The lowest BCUT2D eigenvalue weighted by Crippen LogP contribution is -2.43. The normalized spacial score (nSPS) is 17.1. The molecule has 0 saturated heterocycles. The van der Waals surface area contributed by atoms with E-state index in [0.717, 1.165) is 28.4 Å². The second-order valence-electron chi connectivity index (χ2n) is 8.72. The highest BCUT2D eigenvalue weighted by Gasteiger charge is 2.37. The van der Waals surface area contributed by atoms with Crippen LogP contribution in [0.3, 0.4) is 0 Å². The van der Waals surface area contributed by atoms with Gasteiger partial charge in [0.2, 0.25) is 0 Å². The van der Waals surface area contributed by atoms with Gasteiger partial charge in [-0.2, -0.15) is 5.26 Å². The highest BCUT2D eigenvalue weighted by Crippen LogP contribution is 2.42. The van der Waals surface area contributed by atoms with Crippen LogP contribution < -0.4 is 5.32 Å².